The number of alkyl halides is 3. The molecular formula is C11H7F3N2O. The quantitative estimate of drug-likeness (QED) is 0.720. The van der Waals surface area contributed by atoms with Crippen LogP contribution in [0, 0.1) is 6.92 Å². The third-order valence-electron chi connectivity index (χ3n) is 2.35. The molecule has 6 heteroatoms. The van der Waals surface area contributed by atoms with Crippen molar-refractivity contribution in [3.05, 3.63) is 35.3 Å². The normalized spacial score (nSPS) is 11.8. The monoisotopic (exact) mass is 240 g/mol. The maximum Gasteiger partial charge on any atom is 0.418 e. The van der Waals surface area contributed by atoms with E-state index in [0.29, 0.717) is 17.4 Å². The van der Waals surface area contributed by atoms with Crippen molar-refractivity contribution in [2.45, 2.75) is 13.1 Å². The number of halogens is 3. The molecule has 0 radical (unpaired) electrons. The minimum Gasteiger partial charge on any atom is -0.294 e. The van der Waals surface area contributed by atoms with Crippen LogP contribution in [-0.2, 0) is 6.18 Å². The fourth-order valence-electron chi connectivity index (χ4n) is 1.61. The van der Waals surface area contributed by atoms with E-state index in [0.717, 1.165) is 6.07 Å². The van der Waals surface area contributed by atoms with Crippen molar-refractivity contribution in [2.75, 3.05) is 0 Å². The lowest BCUT2D eigenvalue weighted by Crippen LogP contribution is -2.08. The summed E-state index contributed by atoms with van der Waals surface area (Å²) < 4.78 is 38.2. The number of fused-ring (bicyclic) bond motifs is 1. The first-order chi connectivity index (χ1) is 7.93. The van der Waals surface area contributed by atoms with Gasteiger partial charge in [-0.15, -0.1) is 0 Å². The van der Waals surface area contributed by atoms with Crippen molar-refractivity contribution >= 4 is 17.2 Å². The maximum atomic E-state index is 12.7. The van der Waals surface area contributed by atoms with Crippen LogP contribution in [0.1, 0.15) is 21.9 Å². The van der Waals surface area contributed by atoms with Gasteiger partial charge in [0, 0.05) is 11.1 Å². The van der Waals surface area contributed by atoms with Gasteiger partial charge in [-0.05, 0) is 13.0 Å². The molecule has 0 fully saturated rings. The average Bonchev–Trinajstić information content (AvgIpc) is 2.26. The van der Waals surface area contributed by atoms with Gasteiger partial charge in [0.1, 0.15) is 0 Å². The van der Waals surface area contributed by atoms with Gasteiger partial charge in [0.15, 0.2) is 12.1 Å². The average molecular weight is 240 g/mol. The maximum absolute atomic E-state index is 12.7. The number of aromatic nitrogens is 2. The fourth-order valence-corrected chi connectivity index (χ4v) is 1.61. The molecule has 3 nitrogen and oxygen atoms in total. The lowest BCUT2D eigenvalue weighted by atomic mass is 10.1. The molecule has 2 rings (SSSR count). The largest absolute Gasteiger partial charge is 0.418 e. The van der Waals surface area contributed by atoms with E-state index in [9.17, 15) is 18.0 Å². The van der Waals surface area contributed by atoms with E-state index in [1.807, 2.05) is 0 Å². The summed E-state index contributed by atoms with van der Waals surface area (Å²) in [5, 5.41) is 0.297. The lowest BCUT2D eigenvalue weighted by molar-refractivity contribution is -0.136. The third kappa shape index (κ3) is 1.98. The highest BCUT2D eigenvalue weighted by atomic mass is 19.4. The third-order valence-corrected chi connectivity index (χ3v) is 2.35. The first-order valence-electron chi connectivity index (χ1n) is 4.73. The first-order valence-corrected chi connectivity index (χ1v) is 4.73. The number of aryl methyl sites for hydroxylation is 1. The molecule has 0 bridgehead atoms. The Morgan fingerprint density at radius 1 is 1.24 bits per heavy atom. The van der Waals surface area contributed by atoms with Crippen LogP contribution in [0.25, 0.3) is 10.9 Å². The molecule has 0 aliphatic heterocycles. The molecule has 17 heavy (non-hydrogen) atoms. The zero-order chi connectivity index (χ0) is 12.6. The van der Waals surface area contributed by atoms with Crippen LogP contribution in [0.2, 0.25) is 0 Å². The van der Waals surface area contributed by atoms with Crippen molar-refractivity contribution in [3.8, 4) is 0 Å². The van der Waals surface area contributed by atoms with Gasteiger partial charge in [-0.25, -0.2) is 9.97 Å². The van der Waals surface area contributed by atoms with E-state index in [1.54, 1.807) is 0 Å². The lowest BCUT2D eigenvalue weighted by Gasteiger charge is -2.10. The van der Waals surface area contributed by atoms with E-state index >= 15 is 0 Å². The number of nitrogens with zero attached hydrogens (tertiary/aromatic N) is 2. The van der Waals surface area contributed by atoms with E-state index in [-0.39, 0.29) is 11.3 Å². The van der Waals surface area contributed by atoms with Crippen molar-refractivity contribution in [1.82, 2.24) is 9.97 Å². The molecule has 0 spiro atoms. The molecular weight excluding hydrogens is 233 g/mol. The Hall–Kier alpha value is -1.98. The molecule has 1 aromatic heterocycles. The molecule has 0 N–H and O–H groups in total. The van der Waals surface area contributed by atoms with E-state index in [1.165, 1.54) is 19.1 Å². The zero-order valence-electron chi connectivity index (χ0n) is 8.75. The van der Waals surface area contributed by atoms with Gasteiger partial charge in [0.2, 0.25) is 0 Å². The van der Waals surface area contributed by atoms with E-state index in [4.69, 9.17) is 0 Å². The molecule has 0 atom stereocenters. The van der Waals surface area contributed by atoms with Gasteiger partial charge >= 0.3 is 6.18 Å². The molecule has 0 aliphatic carbocycles. The van der Waals surface area contributed by atoms with Crippen molar-refractivity contribution in [1.29, 1.82) is 0 Å². The van der Waals surface area contributed by atoms with Crippen molar-refractivity contribution in [3.63, 3.8) is 0 Å². The molecule has 0 unspecified atom stereocenters. The van der Waals surface area contributed by atoms with Gasteiger partial charge in [0.05, 0.1) is 11.1 Å². The summed E-state index contributed by atoms with van der Waals surface area (Å²) in [5.74, 6) is -0.244. The minimum atomic E-state index is -4.50. The molecule has 0 amide bonds. The topological polar surface area (TPSA) is 42.9 Å². The number of para-hydroxylation sites is 1. The van der Waals surface area contributed by atoms with Crippen LogP contribution in [0.3, 0.4) is 0 Å². The van der Waals surface area contributed by atoms with Crippen molar-refractivity contribution in [2.24, 2.45) is 0 Å². The predicted octanol–water partition coefficient (Wildman–Crippen LogP) is 2.77. The smallest absolute Gasteiger partial charge is 0.294 e. The highest BCUT2D eigenvalue weighted by Gasteiger charge is 2.33. The Kier molecular flexibility index (Phi) is 2.57. The summed E-state index contributed by atoms with van der Waals surface area (Å²) >= 11 is 0. The minimum absolute atomic E-state index is 0.241. The van der Waals surface area contributed by atoms with Gasteiger partial charge in [0.25, 0.3) is 0 Å². The molecule has 1 aromatic carbocycles. The second kappa shape index (κ2) is 3.80. The Morgan fingerprint density at radius 2 is 1.94 bits per heavy atom. The molecule has 2 aromatic rings. The van der Waals surface area contributed by atoms with E-state index < -0.39 is 11.7 Å². The van der Waals surface area contributed by atoms with Crippen molar-refractivity contribution < 1.29 is 18.0 Å². The summed E-state index contributed by atoms with van der Waals surface area (Å²) in [6.07, 6.45) is -4.17. The van der Waals surface area contributed by atoms with Crippen LogP contribution in [-0.4, -0.2) is 16.3 Å². The highest BCUT2D eigenvalue weighted by Crippen LogP contribution is 2.34. The van der Waals surface area contributed by atoms with E-state index in [2.05, 4.69) is 9.97 Å². The molecule has 1 heterocycles. The summed E-state index contributed by atoms with van der Waals surface area (Å²) in [4.78, 5) is 18.0. The SMILES string of the molecule is Cc1nc(C=O)nc2c(C(F)(F)F)cccc12. The number of benzene rings is 1. The standard InChI is InChI=1S/C11H7F3N2O/c1-6-7-3-2-4-8(11(12,13)14)10(7)16-9(5-17)15-6/h2-5H,1H3. The number of rotatable bonds is 1. The highest BCUT2D eigenvalue weighted by molar-refractivity contribution is 5.86. The number of hydrogen-bond acceptors (Lipinski definition) is 3. The Labute approximate surface area is 94.3 Å². The zero-order valence-corrected chi connectivity index (χ0v) is 8.75. The molecule has 0 saturated carbocycles. The predicted molar refractivity (Wildman–Crippen MR) is 54.7 cm³/mol. The fraction of sp³-hybridized carbons (Fsp3) is 0.182. The van der Waals surface area contributed by atoms with Crippen LogP contribution < -0.4 is 0 Å². The van der Waals surface area contributed by atoms with Crippen LogP contribution in [0.5, 0.6) is 0 Å². The molecule has 88 valence electrons. The Morgan fingerprint density at radius 3 is 2.53 bits per heavy atom. The van der Waals surface area contributed by atoms with Gasteiger partial charge in [-0.2, -0.15) is 13.2 Å². The second-order valence-electron chi connectivity index (χ2n) is 3.48. The summed E-state index contributed by atoms with van der Waals surface area (Å²) in [7, 11) is 0. The Bertz CT molecular complexity index is 593. The summed E-state index contributed by atoms with van der Waals surface area (Å²) in [6.45, 7) is 1.54. The van der Waals surface area contributed by atoms with Gasteiger partial charge < -0.3 is 0 Å². The number of aldehydes is 1. The first kappa shape index (κ1) is 11.5. The van der Waals surface area contributed by atoms with Gasteiger partial charge in [-0.3, -0.25) is 4.79 Å². The van der Waals surface area contributed by atoms with Crippen LogP contribution >= 0.6 is 0 Å². The summed E-state index contributed by atoms with van der Waals surface area (Å²) in [5.41, 5.74) is -0.749. The number of carbonyl (C=O) groups excluding carboxylic acids is 1. The Balaban J connectivity index is 2.87. The van der Waals surface area contributed by atoms with Crippen LogP contribution in [0.4, 0.5) is 13.2 Å². The number of hydrogen-bond donors (Lipinski definition) is 0. The summed E-state index contributed by atoms with van der Waals surface area (Å²) in [6, 6.07) is 3.72. The number of carbonyl (C=O) groups is 1. The molecule has 0 aliphatic rings. The molecule has 0 saturated heterocycles. The van der Waals surface area contributed by atoms with Crippen LogP contribution in [0.15, 0.2) is 18.2 Å². The van der Waals surface area contributed by atoms with Gasteiger partial charge in [-0.1, -0.05) is 12.1 Å². The second-order valence-corrected chi connectivity index (χ2v) is 3.48.